The first-order valence-corrected chi connectivity index (χ1v) is 8.74. The maximum Gasteiger partial charge on any atom is 0.453 e. The van der Waals surface area contributed by atoms with Crippen molar-refractivity contribution in [2.45, 2.75) is 6.18 Å². The van der Waals surface area contributed by atoms with Crippen LogP contribution in [0.15, 0.2) is 71.6 Å². The van der Waals surface area contributed by atoms with E-state index in [1.165, 1.54) is 19.6 Å². The highest BCUT2D eigenvalue weighted by molar-refractivity contribution is 5.89. The topological polar surface area (TPSA) is 70.2 Å². The lowest BCUT2D eigenvalue weighted by molar-refractivity contribution is -0.154. The molecule has 0 amide bonds. The number of carbonyl (C=O) groups is 1. The molecule has 0 unspecified atom stereocenters. The molecular weight excluding hydrogens is 399 g/mol. The van der Waals surface area contributed by atoms with Gasteiger partial charge in [0.2, 0.25) is 5.76 Å². The van der Waals surface area contributed by atoms with Crippen LogP contribution in [-0.4, -0.2) is 27.8 Å². The molecular formula is C21H14F3N3O3. The van der Waals surface area contributed by atoms with Crippen LogP contribution in [0, 0.1) is 0 Å². The minimum atomic E-state index is -4.73. The van der Waals surface area contributed by atoms with Gasteiger partial charge in [-0.15, -0.1) is 0 Å². The maximum atomic E-state index is 13.5. The number of rotatable bonds is 4. The Kier molecular flexibility index (Phi) is 4.86. The summed E-state index contributed by atoms with van der Waals surface area (Å²) in [6.45, 7) is 0. The van der Waals surface area contributed by atoms with Gasteiger partial charge in [0.15, 0.2) is 0 Å². The van der Waals surface area contributed by atoms with Crippen LogP contribution >= 0.6 is 0 Å². The lowest BCUT2D eigenvalue weighted by atomic mass is 10.0. The Morgan fingerprint density at radius 1 is 1.07 bits per heavy atom. The van der Waals surface area contributed by atoms with Crippen LogP contribution in [0.4, 0.5) is 13.2 Å². The SMILES string of the molecule is COC(=O)c1ccc(-n2cnc(-c3c(-c4ccccc4)noc3C(F)(F)F)c2)cc1. The average Bonchev–Trinajstić information content (AvgIpc) is 3.41. The zero-order valence-corrected chi connectivity index (χ0v) is 15.6. The molecule has 0 fully saturated rings. The fourth-order valence-corrected chi connectivity index (χ4v) is 2.99. The van der Waals surface area contributed by atoms with E-state index in [0.717, 1.165) is 0 Å². The molecule has 0 atom stereocenters. The van der Waals surface area contributed by atoms with Gasteiger partial charge in [0.1, 0.15) is 5.69 Å². The van der Waals surface area contributed by atoms with Gasteiger partial charge >= 0.3 is 12.1 Å². The van der Waals surface area contributed by atoms with E-state index in [-0.39, 0.29) is 17.0 Å². The monoisotopic (exact) mass is 413 g/mol. The maximum absolute atomic E-state index is 13.5. The van der Waals surface area contributed by atoms with Crippen molar-refractivity contribution >= 4 is 5.97 Å². The Morgan fingerprint density at radius 2 is 1.77 bits per heavy atom. The minimum absolute atomic E-state index is 0.0502. The standard InChI is InChI=1S/C21H14F3N3O3/c1-29-20(28)14-7-9-15(10-8-14)27-11-16(25-12-27)17-18(13-5-3-2-4-6-13)26-30-19(17)21(22,23)24/h2-12H,1H3. The van der Waals surface area contributed by atoms with Gasteiger partial charge in [-0.1, -0.05) is 35.5 Å². The summed E-state index contributed by atoms with van der Waals surface area (Å²) in [7, 11) is 1.28. The lowest BCUT2D eigenvalue weighted by Crippen LogP contribution is -2.05. The van der Waals surface area contributed by atoms with Crippen molar-refractivity contribution in [3.05, 3.63) is 78.4 Å². The highest BCUT2D eigenvalue weighted by Crippen LogP contribution is 2.42. The second-order valence-corrected chi connectivity index (χ2v) is 6.30. The normalized spacial score (nSPS) is 11.5. The number of nitrogens with zero attached hydrogens (tertiary/aromatic N) is 3. The van der Waals surface area contributed by atoms with Crippen LogP contribution < -0.4 is 0 Å². The molecule has 2 aromatic heterocycles. The van der Waals surface area contributed by atoms with E-state index < -0.39 is 17.9 Å². The summed E-state index contributed by atoms with van der Waals surface area (Å²) in [4.78, 5) is 15.7. The predicted molar refractivity (Wildman–Crippen MR) is 101 cm³/mol. The van der Waals surface area contributed by atoms with E-state index >= 15 is 0 Å². The van der Waals surface area contributed by atoms with E-state index in [2.05, 4.69) is 19.4 Å². The van der Waals surface area contributed by atoms with Gasteiger partial charge < -0.3 is 13.8 Å². The summed E-state index contributed by atoms with van der Waals surface area (Å²) in [5.41, 5.74) is 1.30. The molecule has 2 aromatic carbocycles. The molecule has 6 nitrogen and oxygen atoms in total. The molecule has 4 rings (SSSR count). The molecule has 2 heterocycles. The van der Waals surface area contributed by atoms with Crippen molar-refractivity contribution < 1.29 is 27.2 Å². The zero-order valence-electron chi connectivity index (χ0n) is 15.6. The van der Waals surface area contributed by atoms with Gasteiger partial charge in [0.25, 0.3) is 0 Å². The van der Waals surface area contributed by atoms with Gasteiger partial charge in [0.05, 0.1) is 30.3 Å². The van der Waals surface area contributed by atoms with E-state index in [0.29, 0.717) is 16.8 Å². The molecule has 9 heteroatoms. The van der Waals surface area contributed by atoms with Crippen molar-refractivity contribution in [3.63, 3.8) is 0 Å². The third kappa shape index (κ3) is 3.57. The fourth-order valence-electron chi connectivity index (χ4n) is 2.99. The van der Waals surface area contributed by atoms with Crippen molar-refractivity contribution in [2.75, 3.05) is 7.11 Å². The molecule has 0 aliphatic rings. The summed E-state index contributed by atoms with van der Waals surface area (Å²) in [5.74, 6) is -1.70. The molecule has 152 valence electrons. The number of alkyl halides is 3. The van der Waals surface area contributed by atoms with E-state index in [1.807, 2.05) is 0 Å². The number of methoxy groups -OCH3 is 1. The third-order valence-electron chi connectivity index (χ3n) is 4.42. The number of hydrogen-bond donors (Lipinski definition) is 0. The van der Waals surface area contributed by atoms with Gasteiger partial charge in [-0.2, -0.15) is 13.2 Å². The van der Waals surface area contributed by atoms with Crippen LogP contribution in [0.25, 0.3) is 28.2 Å². The van der Waals surface area contributed by atoms with Crippen LogP contribution in [0.5, 0.6) is 0 Å². The highest BCUT2D eigenvalue weighted by atomic mass is 19.4. The second kappa shape index (κ2) is 7.51. The Balaban J connectivity index is 1.78. The van der Waals surface area contributed by atoms with Gasteiger partial charge in [-0.05, 0) is 24.3 Å². The van der Waals surface area contributed by atoms with E-state index in [4.69, 9.17) is 0 Å². The Hall–Kier alpha value is -3.88. The summed E-state index contributed by atoms with van der Waals surface area (Å²) >= 11 is 0. The number of esters is 1. The van der Waals surface area contributed by atoms with Crippen molar-refractivity contribution in [2.24, 2.45) is 0 Å². The number of carbonyl (C=O) groups excluding carboxylic acids is 1. The first-order valence-electron chi connectivity index (χ1n) is 8.74. The molecule has 30 heavy (non-hydrogen) atoms. The molecule has 0 saturated heterocycles. The molecule has 0 bridgehead atoms. The number of aromatic nitrogens is 3. The Labute approximate surface area is 168 Å². The molecule has 4 aromatic rings. The van der Waals surface area contributed by atoms with Crippen molar-refractivity contribution in [1.82, 2.24) is 14.7 Å². The quantitative estimate of drug-likeness (QED) is 0.441. The summed E-state index contributed by atoms with van der Waals surface area (Å²) in [6, 6.07) is 14.8. The number of hydrogen-bond acceptors (Lipinski definition) is 5. The van der Waals surface area contributed by atoms with Gasteiger partial charge in [-0.25, -0.2) is 9.78 Å². The Morgan fingerprint density at radius 3 is 2.40 bits per heavy atom. The number of halogens is 3. The largest absolute Gasteiger partial charge is 0.465 e. The zero-order chi connectivity index (χ0) is 21.3. The van der Waals surface area contributed by atoms with Crippen LogP contribution in [0.1, 0.15) is 16.1 Å². The smallest absolute Gasteiger partial charge is 0.453 e. The van der Waals surface area contributed by atoms with Crippen LogP contribution in [-0.2, 0) is 10.9 Å². The highest BCUT2D eigenvalue weighted by Gasteiger charge is 2.41. The summed E-state index contributed by atoms with van der Waals surface area (Å²) in [6.07, 6.45) is -1.91. The predicted octanol–water partition coefficient (Wildman–Crippen LogP) is 5.00. The molecule has 0 aliphatic heterocycles. The minimum Gasteiger partial charge on any atom is -0.465 e. The van der Waals surface area contributed by atoms with Crippen molar-refractivity contribution in [3.8, 4) is 28.2 Å². The molecule has 0 radical (unpaired) electrons. The van der Waals surface area contributed by atoms with Gasteiger partial charge in [-0.3, -0.25) is 0 Å². The molecule has 0 spiro atoms. The van der Waals surface area contributed by atoms with E-state index in [9.17, 15) is 18.0 Å². The van der Waals surface area contributed by atoms with Crippen LogP contribution in [0.3, 0.4) is 0 Å². The van der Waals surface area contributed by atoms with E-state index in [1.54, 1.807) is 59.2 Å². The number of imidazole rings is 1. The molecule has 0 aliphatic carbocycles. The first-order chi connectivity index (χ1) is 14.4. The fraction of sp³-hybridized carbons (Fsp3) is 0.0952. The van der Waals surface area contributed by atoms with Crippen LogP contribution in [0.2, 0.25) is 0 Å². The summed E-state index contributed by atoms with van der Waals surface area (Å²) in [5, 5.41) is 3.66. The third-order valence-corrected chi connectivity index (χ3v) is 4.42. The second-order valence-electron chi connectivity index (χ2n) is 6.30. The molecule has 0 saturated carbocycles. The first kappa shape index (κ1) is 19.4. The average molecular weight is 413 g/mol. The lowest BCUT2D eigenvalue weighted by Gasteiger charge is -2.05. The Bertz CT molecular complexity index is 1180. The number of benzene rings is 2. The number of ether oxygens (including phenoxy) is 1. The summed E-state index contributed by atoms with van der Waals surface area (Å²) < 4.78 is 51.5. The van der Waals surface area contributed by atoms with Gasteiger partial charge in [0, 0.05) is 17.4 Å². The van der Waals surface area contributed by atoms with Crippen molar-refractivity contribution in [1.29, 1.82) is 0 Å². The molecule has 0 N–H and O–H groups in total.